The molecule has 0 fully saturated rings. The standard InChI is InChI=1S/C22H21N3O3S/c1-2-25-18-12-16(9-10-19(18)28-13-21(25)27)17-14-29-22(23-17)24-20(26)11-8-15-6-4-3-5-7-15/h3-7,9-10,12,14H,2,8,11,13H2,1H3,(H,23,24,26). The molecule has 0 unspecified atom stereocenters. The Morgan fingerprint density at radius 1 is 1.24 bits per heavy atom. The van der Waals surface area contributed by atoms with Crippen LogP contribution in [-0.4, -0.2) is 29.9 Å². The highest BCUT2D eigenvalue weighted by Crippen LogP contribution is 2.36. The van der Waals surface area contributed by atoms with Gasteiger partial charge in [0.2, 0.25) is 5.91 Å². The Morgan fingerprint density at radius 3 is 2.86 bits per heavy atom. The van der Waals surface area contributed by atoms with Gasteiger partial charge in [0, 0.05) is 23.9 Å². The number of carbonyl (C=O) groups excluding carboxylic acids is 2. The number of anilines is 2. The first-order valence-corrected chi connectivity index (χ1v) is 10.4. The summed E-state index contributed by atoms with van der Waals surface area (Å²) >= 11 is 1.38. The van der Waals surface area contributed by atoms with Crippen LogP contribution in [0.4, 0.5) is 10.8 Å². The van der Waals surface area contributed by atoms with Gasteiger partial charge in [-0.15, -0.1) is 11.3 Å². The molecule has 0 saturated heterocycles. The second kappa shape index (κ2) is 8.45. The van der Waals surface area contributed by atoms with Crippen molar-refractivity contribution < 1.29 is 14.3 Å². The minimum absolute atomic E-state index is 0.0539. The zero-order chi connectivity index (χ0) is 20.2. The van der Waals surface area contributed by atoms with E-state index in [-0.39, 0.29) is 18.4 Å². The van der Waals surface area contributed by atoms with Crippen LogP contribution in [0, 0.1) is 0 Å². The lowest BCUT2D eigenvalue weighted by molar-refractivity contribution is -0.121. The number of carbonyl (C=O) groups is 2. The Hall–Kier alpha value is -3.19. The van der Waals surface area contributed by atoms with Gasteiger partial charge in [0.25, 0.3) is 5.91 Å². The summed E-state index contributed by atoms with van der Waals surface area (Å²) in [6.07, 6.45) is 1.10. The Labute approximate surface area is 173 Å². The maximum Gasteiger partial charge on any atom is 0.265 e. The monoisotopic (exact) mass is 407 g/mol. The molecule has 2 aromatic carbocycles. The summed E-state index contributed by atoms with van der Waals surface area (Å²) in [4.78, 5) is 30.5. The minimum atomic E-state index is -0.0589. The van der Waals surface area contributed by atoms with Gasteiger partial charge in [0.15, 0.2) is 11.7 Å². The van der Waals surface area contributed by atoms with Gasteiger partial charge in [-0.05, 0) is 37.1 Å². The van der Waals surface area contributed by atoms with E-state index in [2.05, 4.69) is 10.3 Å². The predicted molar refractivity (Wildman–Crippen MR) is 114 cm³/mol. The molecule has 2 heterocycles. The van der Waals surface area contributed by atoms with E-state index in [1.807, 2.05) is 60.8 Å². The van der Waals surface area contributed by atoms with E-state index in [1.165, 1.54) is 11.3 Å². The van der Waals surface area contributed by atoms with Gasteiger partial charge >= 0.3 is 0 Å². The Kier molecular flexibility index (Phi) is 5.57. The van der Waals surface area contributed by atoms with Crippen molar-refractivity contribution in [1.82, 2.24) is 4.98 Å². The van der Waals surface area contributed by atoms with E-state index >= 15 is 0 Å². The first kappa shape index (κ1) is 19.1. The first-order chi connectivity index (χ1) is 14.1. The maximum atomic E-state index is 12.2. The average molecular weight is 407 g/mol. The van der Waals surface area contributed by atoms with Crippen LogP contribution in [-0.2, 0) is 16.0 Å². The molecule has 0 aliphatic carbocycles. The Bertz CT molecular complexity index is 1030. The number of hydrogen-bond acceptors (Lipinski definition) is 5. The van der Waals surface area contributed by atoms with Gasteiger partial charge in [-0.25, -0.2) is 4.98 Å². The summed E-state index contributed by atoms with van der Waals surface area (Å²) < 4.78 is 5.51. The van der Waals surface area contributed by atoms with Crippen molar-refractivity contribution >= 4 is 34.0 Å². The highest BCUT2D eigenvalue weighted by Gasteiger charge is 2.24. The zero-order valence-corrected chi connectivity index (χ0v) is 16.9. The molecule has 4 rings (SSSR count). The predicted octanol–water partition coefficient (Wildman–Crippen LogP) is 4.13. The van der Waals surface area contributed by atoms with Crippen molar-refractivity contribution in [2.75, 3.05) is 23.4 Å². The van der Waals surface area contributed by atoms with E-state index in [1.54, 1.807) is 4.90 Å². The largest absolute Gasteiger partial charge is 0.482 e. The molecule has 0 spiro atoms. The number of benzene rings is 2. The van der Waals surface area contributed by atoms with E-state index in [0.717, 1.165) is 22.5 Å². The second-order valence-electron chi connectivity index (χ2n) is 6.68. The number of thiazole rings is 1. The molecule has 0 atom stereocenters. The van der Waals surface area contributed by atoms with Crippen LogP contribution in [0.5, 0.6) is 5.75 Å². The van der Waals surface area contributed by atoms with Crippen LogP contribution in [0.1, 0.15) is 18.9 Å². The fourth-order valence-electron chi connectivity index (χ4n) is 3.26. The van der Waals surface area contributed by atoms with E-state index in [4.69, 9.17) is 4.74 Å². The third-order valence-electron chi connectivity index (χ3n) is 4.75. The Morgan fingerprint density at radius 2 is 2.07 bits per heavy atom. The average Bonchev–Trinajstić information content (AvgIpc) is 3.21. The lowest BCUT2D eigenvalue weighted by atomic mass is 10.1. The van der Waals surface area contributed by atoms with Crippen molar-refractivity contribution in [2.24, 2.45) is 0 Å². The molecule has 0 radical (unpaired) electrons. The molecule has 0 saturated carbocycles. The number of nitrogens with one attached hydrogen (secondary N) is 1. The van der Waals surface area contributed by atoms with Gasteiger partial charge in [0.1, 0.15) is 5.75 Å². The van der Waals surface area contributed by atoms with Gasteiger partial charge < -0.3 is 15.0 Å². The Balaban J connectivity index is 1.44. The maximum absolute atomic E-state index is 12.2. The number of amides is 2. The second-order valence-corrected chi connectivity index (χ2v) is 7.54. The van der Waals surface area contributed by atoms with Crippen molar-refractivity contribution in [3.63, 3.8) is 0 Å². The van der Waals surface area contributed by atoms with Crippen molar-refractivity contribution in [1.29, 1.82) is 0 Å². The summed E-state index contributed by atoms with van der Waals surface area (Å²) in [5.74, 6) is 0.581. The molecule has 1 N–H and O–H groups in total. The number of fused-ring (bicyclic) bond motifs is 1. The zero-order valence-electron chi connectivity index (χ0n) is 16.1. The molecule has 7 heteroatoms. The molecule has 1 aliphatic heterocycles. The lowest BCUT2D eigenvalue weighted by Crippen LogP contribution is -2.38. The summed E-state index contributed by atoms with van der Waals surface area (Å²) in [7, 11) is 0. The number of aryl methyl sites for hydroxylation is 1. The molecule has 3 aromatic rings. The third-order valence-corrected chi connectivity index (χ3v) is 5.51. The molecule has 6 nitrogen and oxygen atoms in total. The first-order valence-electron chi connectivity index (χ1n) is 9.51. The summed E-state index contributed by atoms with van der Waals surface area (Å²) in [6, 6.07) is 15.6. The number of hydrogen-bond donors (Lipinski definition) is 1. The number of likely N-dealkylation sites (N-methyl/N-ethyl adjacent to an activating group) is 1. The van der Waals surface area contributed by atoms with Gasteiger partial charge in [-0.1, -0.05) is 30.3 Å². The van der Waals surface area contributed by atoms with Crippen LogP contribution in [0.2, 0.25) is 0 Å². The summed E-state index contributed by atoms with van der Waals surface area (Å²) in [6.45, 7) is 2.58. The van der Waals surface area contributed by atoms with Crippen LogP contribution in [0.25, 0.3) is 11.3 Å². The van der Waals surface area contributed by atoms with E-state index in [0.29, 0.717) is 30.3 Å². The number of ether oxygens (including phenoxy) is 1. The molecular formula is C22H21N3O3S. The van der Waals surface area contributed by atoms with E-state index in [9.17, 15) is 9.59 Å². The van der Waals surface area contributed by atoms with E-state index < -0.39 is 0 Å². The lowest BCUT2D eigenvalue weighted by Gasteiger charge is -2.28. The van der Waals surface area contributed by atoms with Gasteiger partial charge in [-0.2, -0.15) is 0 Å². The topological polar surface area (TPSA) is 71.5 Å². The van der Waals surface area contributed by atoms with Crippen molar-refractivity contribution in [3.05, 3.63) is 59.5 Å². The van der Waals surface area contributed by atoms with Gasteiger partial charge in [0.05, 0.1) is 11.4 Å². The highest BCUT2D eigenvalue weighted by molar-refractivity contribution is 7.14. The van der Waals surface area contributed by atoms with Crippen LogP contribution in [0.3, 0.4) is 0 Å². The molecule has 1 aromatic heterocycles. The summed E-state index contributed by atoms with van der Waals surface area (Å²) in [5.41, 5.74) is 3.52. The molecule has 1 aliphatic rings. The quantitative estimate of drug-likeness (QED) is 0.667. The smallest absolute Gasteiger partial charge is 0.265 e. The third kappa shape index (κ3) is 4.30. The van der Waals surface area contributed by atoms with Crippen molar-refractivity contribution in [3.8, 4) is 17.0 Å². The van der Waals surface area contributed by atoms with Crippen LogP contribution in [0.15, 0.2) is 53.9 Å². The molecular weight excluding hydrogens is 386 g/mol. The van der Waals surface area contributed by atoms with Gasteiger partial charge in [-0.3, -0.25) is 9.59 Å². The molecule has 2 amide bonds. The molecule has 0 bridgehead atoms. The van der Waals surface area contributed by atoms with Crippen LogP contribution >= 0.6 is 11.3 Å². The number of nitrogens with zero attached hydrogens (tertiary/aromatic N) is 2. The highest BCUT2D eigenvalue weighted by atomic mass is 32.1. The van der Waals surface area contributed by atoms with Crippen molar-refractivity contribution in [2.45, 2.75) is 19.8 Å². The fraction of sp³-hybridized carbons (Fsp3) is 0.227. The molecule has 148 valence electrons. The minimum Gasteiger partial charge on any atom is -0.482 e. The number of rotatable bonds is 6. The fourth-order valence-corrected chi connectivity index (χ4v) is 3.99. The molecule has 29 heavy (non-hydrogen) atoms. The number of aromatic nitrogens is 1. The van der Waals surface area contributed by atoms with Crippen LogP contribution < -0.4 is 15.0 Å². The SMILES string of the molecule is CCN1C(=O)COc2ccc(-c3csc(NC(=O)CCc4ccccc4)n3)cc21. The normalized spacial score (nSPS) is 13.0. The summed E-state index contributed by atoms with van der Waals surface area (Å²) in [5, 5.41) is 5.34.